The molecule has 2 aliphatic rings. The number of anilines is 1. The molecule has 196 valence electrons. The fourth-order valence-corrected chi connectivity index (χ4v) is 5.74. The van der Waals surface area contributed by atoms with Gasteiger partial charge in [0.05, 0.1) is 24.7 Å². The minimum Gasteiger partial charge on any atom is -0.459 e. The summed E-state index contributed by atoms with van der Waals surface area (Å²) in [5.41, 5.74) is 1.91. The predicted octanol–water partition coefficient (Wildman–Crippen LogP) is 4.90. The number of hydrogen-bond donors (Lipinski definition) is 0. The van der Waals surface area contributed by atoms with Crippen molar-refractivity contribution < 1.29 is 23.5 Å². The molecule has 0 N–H and O–H groups in total. The Labute approximate surface area is 220 Å². The number of carbonyl (C=O) groups is 3. The molecule has 0 saturated carbocycles. The molecule has 3 aromatic carbocycles. The highest BCUT2D eigenvalue weighted by Gasteiger charge is 2.59. The zero-order chi connectivity index (χ0) is 26.9. The van der Waals surface area contributed by atoms with Crippen molar-refractivity contribution in [3.63, 3.8) is 0 Å². The van der Waals surface area contributed by atoms with Crippen LogP contribution in [0, 0.1) is 0 Å². The van der Waals surface area contributed by atoms with E-state index in [2.05, 4.69) is 24.8 Å². The molecule has 0 amide bonds. The normalized spacial score (nSPS) is 18.9. The van der Waals surface area contributed by atoms with E-state index in [9.17, 15) is 18.8 Å². The molecular weight excluding hydrogens is 485 g/mol. The molecule has 0 aromatic heterocycles. The van der Waals surface area contributed by atoms with Crippen molar-refractivity contribution in [3.05, 3.63) is 65.7 Å². The van der Waals surface area contributed by atoms with Crippen LogP contribution in [0.5, 0.6) is 5.75 Å². The summed E-state index contributed by atoms with van der Waals surface area (Å²) in [6, 6.07) is 16.6. The molecule has 2 heterocycles. The molecule has 0 saturated heterocycles. The molecule has 0 radical (unpaired) electrons. The van der Waals surface area contributed by atoms with Crippen LogP contribution in [0.25, 0.3) is 10.8 Å². The highest BCUT2D eigenvalue weighted by Crippen LogP contribution is 2.55. The lowest BCUT2D eigenvalue weighted by Gasteiger charge is -2.47. The van der Waals surface area contributed by atoms with Crippen LogP contribution in [0.2, 0.25) is 0 Å². The first-order valence-electron chi connectivity index (χ1n) is 12.8. The summed E-state index contributed by atoms with van der Waals surface area (Å²) in [7, 11) is 0. The number of fused-ring (bicyclic) bond motifs is 4. The van der Waals surface area contributed by atoms with Gasteiger partial charge in [0.2, 0.25) is 5.72 Å². The van der Waals surface area contributed by atoms with Gasteiger partial charge >= 0.3 is 6.04 Å². The summed E-state index contributed by atoms with van der Waals surface area (Å²) in [6.45, 7) is 5.11. The van der Waals surface area contributed by atoms with Gasteiger partial charge in [0.25, 0.3) is 0 Å². The second-order valence-electron chi connectivity index (χ2n) is 10.3. The summed E-state index contributed by atoms with van der Waals surface area (Å²) in [6.07, 6.45) is 3.54. The van der Waals surface area contributed by atoms with E-state index in [4.69, 9.17) is 9.73 Å². The Hall–Kier alpha value is -3.91. The van der Waals surface area contributed by atoms with E-state index in [1.54, 1.807) is 4.90 Å². The van der Waals surface area contributed by atoms with Crippen molar-refractivity contribution in [2.24, 2.45) is 4.99 Å². The summed E-state index contributed by atoms with van der Waals surface area (Å²) in [4.78, 5) is 42.6. The van der Waals surface area contributed by atoms with Crippen LogP contribution < -0.4 is 9.64 Å². The molecule has 0 fully saturated rings. The molecule has 8 heteroatoms. The largest absolute Gasteiger partial charge is 0.459 e. The van der Waals surface area contributed by atoms with E-state index in [0.717, 1.165) is 40.2 Å². The Bertz CT molecular complexity index is 1430. The maximum Gasteiger partial charge on any atom is 0.301 e. The number of aldehydes is 2. The number of para-hydroxylation sites is 1. The predicted molar refractivity (Wildman–Crippen MR) is 145 cm³/mol. The number of ether oxygens (including phenoxy) is 1. The van der Waals surface area contributed by atoms with Crippen molar-refractivity contribution in [1.82, 2.24) is 4.90 Å². The third kappa shape index (κ3) is 4.19. The molecule has 7 nitrogen and oxygen atoms in total. The Morgan fingerprint density at radius 3 is 2.53 bits per heavy atom. The number of aliphatic imine (C=N–C) groups is 1. The first kappa shape index (κ1) is 25.7. The van der Waals surface area contributed by atoms with Gasteiger partial charge in [0.15, 0.2) is 5.75 Å². The summed E-state index contributed by atoms with van der Waals surface area (Å²) in [5.74, 6) is 0.584. The van der Waals surface area contributed by atoms with Crippen LogP contribution in [0.1, 0.15) is 37.8 Å². The van der Waals surface area contributed by atoms with Gasteiger partial charge in [-0.05, 0) is 43.4 Å². The van der Waals surface area contributed by atoms with E-state index in [-0.39, 0.29) is 19.5 Å². The fraction of sp³-hybridized carbons (Fsp3) is 0.333. The summed E-state index contributed by atoms with van der Waals surface area (Å²) < 4.78 is 20.2. The van der Waals surface area contributed by atoms with Crippen LogP contribution in [-0.2, 0) is 26.3 Å². The van der Waals surface area contributed by atoms with Gasteiger partial charge in [-0.1, -0.05) is 42.5 Å². The molecule has 0 aliphatic carbocycles. The lowest BCUT2D eigenvalue weighted by atomic mass is 9.77. The van der Waals surface area contributed by atoms with Crippen molar-refractivity contribution >= 4 is 47.0 Å². The molecule has 1 unspecified atom stereocenters. The molecule has 5 rings (SSSR count). The molecule has 1 spiro atoms. The van der Waals surface area contributed by atoms with Crippen molar-refractivity contribution in [2.45, 2.75) is 44.4 Å². The molecule has 1 atom stereocenters. The van der Waals surface area contributed by atoms with E-state index >= 15 is 0 Å². The van der Waals surface area contributed by atoms with Gasteiger partial charge in [0, 0.05) is 36.1 Å². The number of nitrogens with zero attached hydrogens (tertiary/aromatic N) is 3. The molecular formula is C30H30FN3O4. The third-order valence-electron chi connectivity index (χ3n) is 7.66. The van der Waals surface area contributed by atoms with Crippen molar-refractivity contribution in [2.75, 3.05) is 24.5 Å². The minimum absolute atomic E-state index is 0.106. The third-order valence-corrected chi connectivity index (χ3v) is 7.66. The van der Waals surface area contributed by atoms with Crippen molar-refractivity contribution in [1.29, 1.82) is 0 Å². The maximum atomic E-state index is 13.1. The van der Waals surface area contributed by atoms with Gasteiger partial charge in [-0.25, -0.2) is 0 Å². The first-order valence-corrected chi connectivity index (χ1v) is 12.8. The highest BCUT2D eigenvalue weighted by molar-refractivity contribution is 6.01. The van der Waals surface area contributed by atoms with Crippen LogP contribution in [-0.4, -0.2) is 55.1 Å². The van der Waals surface area contributed by atoms with Gasteiger partial charge < -0.3 is 19.2 Å². The second-order valence-corrected chi connectivity index (χ2v) is 10.3. The van der Waals surface area contributed by atoms with Crippen molar-refractivity contribution in [3.8, 4) is 5.75 Å². The summed E-state index contributed by atoms with van der Waals surface area (Å²) >= 11 is 0. The molecule has 2 aliphatic heterocycles. The fourth-order valence-electron chi connectivity index (χ4n) is 5.74. The Morgan fingerprint density at radius 2 is 1.79 bits per heavy atom. The zero-order valence-electron chi connectivity index (χ0n) is 21.5. The van der Waals surface area contributed by atoms with E-state index in [1.807, 2.05) is 54.7 Å². The van der Waals surface area contributed by atoms with Crippen LogP contribution in [0.4, 0.5) is 15.8 Å². The molecule has 38 heavy (non-hydrogen) atoms. The highest BCUT2D eigenvalue weighted by atomic mass is 19.1. The topological polar surface area (TPSA) is 79.3 Å². The van der Waals surface area contributed by atoms with Crippen LogP contribution in [0.15, 0.2) is 59.6 Å². The van der Waals surface area contributed by atoms with Crippen LogP contribution >= 0.6 is 0 Å². The number of benzene rings is 3. The maximum absolute atomic E-state index is 13.1. The zero-order valence-corrected chi connectivity index (χ0v) is 21.5. The van der Waals surface area contributed by atoms with E-state index < -0.39 is 17.2 Å². The molecule has 0 bridgehead atoms. The monoisotopic (exact) mass is 515 g/mol. The standard InChI is InChI=1S/C30H30FN3O4/c1-29(2)24-10-5-6-11-25(24)34(13-7-12-26(31)37)30(29)20-32-27-23-9-4-3-8-21(23)18-22(28(27)38-30)19-33(14-16-35)15-17-36/h3-6,8-11,16-18,20H,7,12-15,19H2,1-2H3. The van der Waals surface area contributed by atoms with Gasteiger partial charge in [-0.3, -0.25) is 14.7 Å². The Balaban J connectivity index is 1.66. The SMILES string of the molecule is CC1(C)c2ccccc2N(CCCC(=O)F)C12C=Nc1c(c(CN(CC=O)CC=O)cc3ccccc13)O2. The number of carbonyl (C=O) groups excluding carboxylic acids is 3. The van der Waals surface area contributed by atoms with Gasteiger partial charge in [0.1, 0.15) is 18.3 Å². The Morgan fingerprint density at radius 1 is 1.08 bits per heavy atom. The lowest BCUT2D eigenvalue weighted by molar-refractivity contribution is -0.129. The first-order chi connectivity index (χ1) is 18.3. The number of halogens is 1. The van der Waals surface area contributed by atoms with Gasteiger partial charge in [-0.15, -0.1) is 0 Å². The number of hydrogen-bond acceptors (Lipinski definition) is 7. The smallest absolute Gasteiger partial charge is 0.301 e. The van der Waals surface area contributed by atoms with E-state index in [1.165, 1.54) is 0 Å². The Kier molecular flexibility index (Phi) is 6.84. The lowest BCUT2D eigenvalue weighted by Crippen LogP contribution is -2.62. The average molecular weight is 516 g/mol. The number of rotatable bonds is 10. The minimum atomic E-state index is -1.34. The van der Waals surface area contributed by atoms with E-state index in [0.29, 0.717) is 30.9 Å². The average Bonchev–Trinajstić information content (AvgIpc) is 3.07. The van der Waals surface area contributed by atoms with Gasteiger partial charge in [-0.2, -0.15) is 4.39 Å². The quantitative estimate of drug-likeness (QED) is 0.282. The second kappa shape index (κ2) is 10.1. The summed E-state index contributed by atoms with van der Waals surface area (Å²) in [5, 5.41) is 1.90. The molecule has 3 aromatic rings. The van der Waals surface area contributed by atoms with Crippen LogP contribution in [0.3, 0.4) is 0 Å².